The van der Waals surface area contributed by atoms with Gasteiger partial charge >= 0.3 is 189 Å². The number of carbonyl (C=O) groups excluding carboxylic acids is 1. The third-order valence-corrected chi connectivity index (χ3v) is 10.2. The second kappa shape index (κ2) is 9.60. The Labute approximate surface area is 189 Å². The molecule has 1 aliphatic rings. The van der Waals surface area contributed by atoms with Gasteiger partial charge in [0.15, 0.2) is 0 Å². The number of carbonyl (C=O) groups is 1. The van der Waals surface area contributed by atoms with Crippen LogP contribution in [0.15, 0.2) is 78.9 Å². The molecule has 6 nitrogen and oxygen atoms in total. The van der Waals surface area contributed by atoms with Gasteiger partial charge in [-0.2, -0.15) is 0 Å². The van der Waals surface area contributed by atoms with Crippen LogP contribution in [0.3, 0.4) is 0 Å². The predicted molar refractivity (Wildman–Crippen MR) is 131 cm³/mol. The van der Waals surface area contributed by atoms with Crippen molar-refractivity contribution in [2.24, 2.45) is 0 Å². The Hall–Kier alpha value is -3.08. The zero-order chi connectivity index (χ0) is 22.6. The molecule has 4 rings (SSSR count). The summed E-state index contributed by atoms with van der Waals surface area (Å²) in [5.74, 6) is 1.52. The molecule has 32 heavy (non-hydrogen) atoms. The van der Waals surface area contributed by atoms with E-state index in [4.69, 9.17) is 9.47 Å². The average Bonchev–Trinajstić information content (AvgIpc) is 3.20. The molecule has 0 bridgehead atoms. The van der Waals surface area contributed by atoms with Gasteiger partial charge in [-0.25, -0.2) is 0 Å². The predicted octanol–water partition coefficient (Wildman–Crippen LogP) is 4.85. The van der Waals surface area contributed by atoms with Crippen molar-refractivity contribution >= 4 is 25.5 Å². The fourth-order valence-corrected chi connectivity index (χ4v) is 8.53. The van der Waals surface area contributed by atoms with E-state index in [9.17, 15) is 9.69 Å². The number of anilines is 2. The Morgan fingerprint density at radius 1 is 0.844 bits per heavy atom. The molecule has 1 atom stereocenters. The van der Waals surface area contributed by atoms with Gasteiger partial charge in [0.05, 0.1) is 0 Å². The van der Waals surface area contributed by atoms with E-state index in [1.807, 2.05) is 78.9 Å². The number of rotatable bonds is 8. The zero-order valence-corrected chi connectivity index (χ0v) is 19.3. The summed E-state index contributed by atoms with van der Waals surface area (Å²) in [5, 5.41) is 0. The van der Waals surface area contributed by atoms with Gasteiger partial charge in [-0.15, -0.1) is 0 Å². The topological polar surface area (TPSA) is 62.2 Å². The number of hydrogen-bond donors (Lipinski definition) is 1. The van der Waals surface area contributed by atoms with Crippen LogP contribution in [-0.4, -0.2) is 38.5 Å². The third-order valence-electron chi connectivity index (χ3n) is 6.11. The molecular weight excluding hydrogens is 423 g/mol. The number of ether oxygens (including phenoxy) is 2. The van der Waals surface area contributed by atoms with Crippen LogP contribution in [0.1, 0.15) is 17.6 Å². The molecule has 1 N–H and O–H groups in total. The second-order valence-corrected chi connectivity index (χ2v) is 10.9. The number of methoxy groups -OCH3 is 2. The first-order valence-corrected chi connectivity index (χ1v) is 12.6. The van der Waals surface area contributed by atoms with Crippen LogP contribution < -0.4 is 18.8 Å². The second-order valence-electron chi connectivity index (χ2n) is 7.75. The van der Waals surface area contributed by atoms with E-state index in [0.29, 0.717) is 13.1 Å². The summed E-state index contributed by atoms with van der Waals surface area (Å²) < 4.78 is 14.8. The molecular formula is C25H29N2O4P. The van der Waals surface area contributed by atoms with Crippen molar-refractivity contribution in [3.63, 3.8) is 0 Å². The average molecular weight is 452 g/mol. The summed E-state index contributed by atoms with van der Waals surface area (Å²) in [6.45, 7) is 1.31. The van der Waals surface area contributed by atoms with Gasteiger partial charge in [-0.05, 0) is 0 Å². The first-order valence-electron chi connectivity index (χ1n) is 10.7. The van der Waals surface area contributed by atoms with Crippen molar-refractivity contribution in [3.8, 4) is 11.5 Å². The Kier molecular flexibility index (Phi) is 6.63. The fraction of sp³-hybridized carbons (Fsp3) is 0.240. The molecule has 3 aromatic carbocycles. The minimum absolute atomic E-state index is 0.242. The van der Waals surface area contributed by atoms with Crippen LogP contribution in [-0.2, 0) is 4.79 Å². The SMILES string of the molecule is COc1ccc(N2CCN(c3ccc(OC)cc3)[PH]2(O)C(CC=O)c2ccccc2)cc1. The monoisotopic (exact) mass is 452 g/mol. The maximum atomic E-state index is 12.6. The molecule has 0 spiro atoms. The Balaban J connectivity index is 1.83. The molecule has 0 saturated carbocycles. The maximum absolute atomic E-state index is 12.6. The van der Waals surface area contributed by atoms with Gasteiger partial charge in [0, 0.05) is 0 Å². The standard InChI is InChI=1S/C25H29N2O4P/c1-30-23-12-8-21(9-13-23)26-17-18-27(22-10-14-24(31-2)15-11-22)32(26,29)25(16-19-28)20-6-4-3-5-7-20/h3-15,19,25,29,32H,16-18H2,1-2H3. The van der Waals surface area contributed by atoms with Crippen LogP contribution in [0, 0.1) is 0 Å². The van der Waals surface area contributed by atoms with Crippen molar-refractivity contribution in [2.45, 2.75) is 12.1 Å². The van der Waals surface area contributed by atoms with Gasteiger partial charge in [0.2, 0.25) is 0 Å². The van der Waals surface area contributed by atoms with Crippen molar-refractivity contribution in [1.82, 2.24) is 0 Å². The van der Waals surface area contributed by atoms with E-state index in [1.165, 1.54) is 0 Å². The number of aldehydes is 1. The van der Waals surface area contributed by atoms with Crippen LogP contribution >= 0.6 is 7.79 Å². The summed E-state index contributed by atoms with van der Waals surface area (Å²) in [4.78, 5) is 24.4. The molecule has 0 aromatic heterocycles. The Morgan fingerprint density at radius 2 is 1.31 bits per heavy atom. The molecule has 0 radical (unpaired) electrons. The first kappa shape index (κ1) is 22.1. The summed E-state index contributed by atoms with van der Waals surface area (Å²) in [5.41, 5.74) is 2.48. The van der Waals surface area contributed by atoms with Crippen LogP contribution in [0.4, 0.5) is 11.4 Å². The van der Waals surface area contributed by atoms with E-state index in [2.05, 4.69) is 9.34 Å². The summed E-state index contributed by atoms with van der Waals surface area (Å²) in [6.07, 6.45) is 1.16. The summed E-state index contributed by atoms with van der Waals surface area (Å²) >= 11 is 0. The van der Waals surface area contributed by atoms with Crippen molar-refractivity contribution < 1.29 is 19.2 Å². The van der Waals surface area contributed by atoms with E-state index < -0.39 is 7.79 Å². The van der Waals surface area contributed by atoms with Crippen LogP contribution in [0.2, 0.25) is 0 Å². The Morgan fingerprint density at radius 3 is 1.72 bits per heavy atom. The zero-order valence-electron chi connectivity index (χ0n) is 18.3. The molecule has 3 aromatic rings. The normalized spacial score (nSPS) is 17.0. The van der Waals surface area contributed by atoms with E-state index in [1.54, 1.807) is 14.2 Å². The molecule has 0 aliphatic carbocycles. The number of hydrogen-bond acceptors (Lipinski definition) is 6. The molecule has 1 saturated heterocycles. The molecule has 7 heteroatoms. The molecule has 1 unspecified atom stereocenters. The molecule has 1 heterocycles. The summed E-state index contributed by atoms with van der Waals surface area (Å²) in [7, 11) is -0.148. The van der Waals surface area contributed by atoms with Crippen LogP contribution in [0.25, 0.3) is 0 Å². The van der Waals surface area contributed by atoms with Crippen LogP contribution in [0.5, 0.6) is 11.5 Å². The van der Waals surface area contributed by atoms with Crippen molar-refractivity contribution in [2.75, 3.05) is 36.6 Å². The molecule has 168 valence electrons. The molecule has 1 aliphatic heterocycles. The van der Waals surface area contributed by atoms with Gasteiger partial charge in [-0.3, -0.25) is 0 Å². The number of benzene rings is 3. The summed E-state index contributed by atoms with van der Waals surface area (Å²) in [6, 6.07) is 25.3. The van der Waals surface area contributed by atoms with E-state index in [-0.39, 0.29) is 12.1 Å². The number of nitrogens with zero attached hydrogens (tertiary/aromatic N) is 2. The van der Waals surface area contributed by atoms with Gasteiger partial charge in [0.25, 0.3) is 0 Å². The van der Waals surface area contributed by atoms with Gasteiger partial charge in [0.1, 0.15) is 0 Å². The first-order chi connectivity index (χ1) is 15.6. The van der Waals surface area contributed by atoms with E-state index in [0.717, 1.165) is 34.7 Å². The fourth-order valence-electron chi connectivity index (χ4n) is 4.51. The third kappa shape index (κ3) is 4.04. The molecule has 0 amide bonds. The Bertz CT molecular complexity index is 973. The van der Waals surface area contributed by atoms with Crippen molar-refractivity contribution in [1.29, 1.82) is 0 Å². The van der Waals surface area contributed by atoms with Crippen molar-refractivity contribution in [3.05, 3.63) is 84.4 Å². The molecule has 1 fully saturated rings. The van der Waals surface area contributed by atoms with Gasteiger partial charge < -0.3 is 0 Å². The quantitative estimate of drug-likeness (QED) is 0.390. The van der Waals surface area contributed by atoms with Gasteiger partial charge in [-0.1, -0.05) is 0 Å². The van der Waals surface area contributed by atoms with E-state index >= 15 is 0 Å². The minimum atomic E-state index is -3.42.